The van der Waals surface area contributed by atoms with E-state index >= 15 is 0 Å². The number of anilines is 2. The van der Waals surface area contributed by atoms with Crippen molar-refractivity contribution in [3.8, 4) is 5.75 Å². The molecule has 0 aromatic heterocycles. The maximum absolute atomic E-state index is 13.1. The molecule has 2 N–H and O–H groups in total. The van der Waals surface area contributed by atoms with E-state index in [9.17, 15) is 21.6 Å². The number of amides is 1. The first-order valence-electron chi connectivity index (χ1n) is 11.5. The maximum atomic E-state index is 13.1. The Morgan fingerprint density at radius 1 is 0.784 bits per heavy atom. The first-order valence-corrected chi connectivity index (χ1v) is 15.2. The van der Waals surface area contributed by atoms with Gasteiger partial charge in [-0.05, 0) is 86.0 Å². The topological polar surface area (TPSA) is 122 Å². The van der Waals surface area contributed by atoms with Crippen molar-refractivity contribution in [2.24, 2.45) is 0 Å². The van der Waals surface area contributed by atoms with Crippen LogP contribution in [0.4, 0.5) is 11.4 Å². The van der Waals surface area contributed by atoms with E-state index in [4.69, 9.17) is 4.74 Å². The number of nitrogens with zero attached hydrogens (tertiary/aromatic N) is 1. The number of piperidine rings is 1. The van der Waals surface area contributed by atoms with Crippen molar-refractivity contribution in [2.45, 2.75) is 29.1 Å². The molecule has 9 nitrogen and oxygen atoms in total. The molecule has 1 amide bonds. The number of hydrogen-bond donors (Lipinski definition) is 2. The molecule has 0 bridgehead atoms. The van der Waals surface area contributed by atoms with Crippen LogP contribution in [0.1, 0.15) is 29.6 Å². The van der Waals surface area contributed by atoms with E-state index < -0.39 is 20.0 Å². The largest absolute Gasteiger partial charge is 0.496 e. The molecule has 196 valence electrons. The molecule has 1 saturated heterocycles. The van der Waals surface area contributed by atoms with Gasteiger partial charge in [-0.25, -0.2) is 16.8 Å². The summed E-state index contributed by atoms with van der Waals surface area (Å²) < 4.78 is 62.6. The summed E-state index contributed by atoms with van der Waals surface area (Å²) in [5.74, 6) is 0.0174. The van der Waals surface area contributed by atoms with Crippen molar-refractivity contribution < 1.29 is 26.4 Å². The van der Waals surface area contributed by atoms with Crippen molar-refractivity contribution in [3.63, 3.8) is 0 Å². The van der Waals surface area contributed by atoms with Gasteiger partial charge in [0.15, 0.2) is 0 Å². The second kappa shape index (κ2) is 11.1. The summed E-state index contributed by atoms with van der Waals surface area (Å²) in [6.07, 6.45) is 2.86. The number of rotatable bonds is 8. The molecule has 0 saturated carbocycles. The molecule has 0 atom stereocenters. The number of benzene rings is 3. The number of likely N-dealkylation sites (tertiary alicyclic amines) is 1. The fourth-order valence-electron chi connectivity index (χ4n) is 3.94. The summed E-state index contributed by atoms with van der Waals surface area (Å²) in [6, 6.07) is 16.1. The van der Waals surface area contributed by atoms with Crippen LogP contribution in [0.5, 0.6) is 5.75 Å². The molecule has 1 aliphatic heterocycles. The van der Waals surface area contributed by atoms with Crippen molar-refractivity contribution >= 4 is 53.3 Å². The van der Waals surface area contributed by atoms with E-state index in [0.717, 1.165) is 23.7 Å². The fraction of sp³-hybridized carbons (Fsp3) is 0.240. The number of methoxy groups -OCH3 is 1. The predicted molar refractivity (Wildman–Crippen MR) is 145 cm³/mol. The van der Waals surface area contributed by atoms with Crippen LogP contribution < -0.4 is 14.2 Å². The van der Waals surface area contributed by atoms with Crippen LogP contribution in [0.15, 0.2) is 81.0 Å². The van der Waals surface area contributed by atoms with Crippen molar-refractivity contribution in [1.82, 2.24) is 4.90 Å². The second-order valence-electron chi connectivity index (χ2n) is 8.46. The first-order chi connectivity index (χ1) is 17.6. The molecule has 0 spiro atoms. The van der Waals surface area contributed by atoms with Crippen LogP contribution in [0.2, 0.25) is 0 Å². The molecule has 1 fully saturated rings. The number of carbonyl (C=O) groups is 1. The molecular formula is C25H26BrN3O6S2. The predicted octanol–water partition coefficient (Wildman–Crippen LogP) is 4.69. The van der Waals surface area contributed by atoms with Crippen LogP contribution in [0.3, 0.4) is 0 Å². The van der Waals surface area contributed by atoms with Gasteiger partial charge in [-0.2, -0.15) is 0 Å². The van der Waals surface area contributed by atoms with Gasteiger partial charge in [0, 0.05) is 28.9 Å². The highest BCUT2D eigenvalue weighted by Gasteiger charge is 2.25. The number of nitrogens with one attached hydrogen (secondary N) is 2. The zero-order chi connectivity index (χ0) is 26.6. The lowest BCUT2D eigenvalue weighted by Crippen LogP contribution is -2.35. The Labute approximate surface area is 225 Å². The summed E-state index contributed by atoms with van der Waals surface area (Å²) in [5, 5.41) is 0. The fourth-order valence-corrected chi connectivity index (χ4v) is 6.34. The van der Waals surface area contributed by atoms with Crippen LogP contribution in [0, 0.1) is 0 Å². The summed E-state index contributed by atoms with van der Waals surface area (Å²) in [6.45, 7) is 1.23. The number of halogens is 1. The van der Waals surface area contributed by atoms with Crippen LogP contribution in [-0.2, 0) is 20.0 Å². The number of sulfonamides is 2. The maximum Gasteiger partial charge on any atom is 0.261 e. The Morgan fingerprint density at radius 2 is 1.30 bits per heavy atom. The Balaban J connectivity index is 1.53. The normalized spacial score (nSPS) is 14.2. The summed E-state index contributed by atoms with van der Waals surface area (Å²) in [7, 11) is -6.52. The van der Waals surface area contributed by atoms with Gasteiger partial charge in [0.25, 0.3) is 26.0 Å². The highest BCUT2D eigenvalue weighted by atomic mass is 79.9. The van der Waals surface area contributed by atoms with E-state index in [1.165, 1.54) is 49.6 Å². The number of hydrogen-bond acceptors (Lipinski definition) is 6. The van der Waals surface area contributed by atoms with Crippen LogP contribution in [0.25, 0.3) is 0 Å². The van der Waals surface area contributed by atoms with Gasteiger partial charge < -0.3 is 9.64 Å². The Morgan fingerprint density at radius 3 is 1.86 bits per heavy atom. The van der Waals surface area contributed by atoms with Crippen molar-refractivity contribution in [3.05, 3.63) is 76.8 Å². The van der Waals surface area contributed by atoms with E-state index in [1.54, 1.807) is 29.2 Å². The third kappa shape index (κ3) is 6.43. The smallest absolute Gasteiger partial charge is 0.261 e. The SMILES string of the molecule is COc1ccc(S(=O)(=O)Nc2ccc(S(=O)(=O)Nc3ccc(Br)cc3)cc2)cc1C(=O)N1CCCCC1. The average Bonchev–Trinajstić information content (AvgIpc) is 2.89. The van der Waals surface area contributed by atoms with E-state index in [1.807, 2.05) is 0 Å². The lowest BCUT2D eigenvalue weighted by Gasteiger charge is -2.27. The lowest BCUT2D eigenvalue weighted by molar-refractivity contribution is 0.0720. The monoisotopic (exact) mass is 607 g/mol. The van der Waals surface area contributed by atoms with Gasteiger partial charge in [-0.15, -0.1) is 0 Å². The summed E-state index contributed by atoms with van der Waals surface area (Å²) >= 11 is 3.30. The molecule has 0 radical (unpaired) electrons. The molecule has 0 aliphatic carbocycles. The lowest BCUT2D eigenvalue weighted by atomic mass is 10.1. The zero-order valence-corrected chi connectivity index (χ0v) is 23.2. The number of ether oxygens (including phenoxy) is 1. The Bertz CT molecular complexity index is 1490. The number of carbonyl (C=O) groups excluding carboxylic acids is 1. The standard InChI is InChI=1S/C25H26BrN3O6S2/c1-35-24-14-13-22(17-23(24)25(30)29-15-3-2-4-16-29)37(33,34)28-20-9-11-21(12-10-20)36(31,32)27-19-7-5-18(26)6-8-19/h5-14,17,27-28H,2-4,15-16H2,1H3. The molecule has 3 aromatic rings. The first kappa shape index (κ1) is 27.0. The van der Waals surface area contributed by atoms with Gasteiger partial charge in [0.2, 0.25) is 0 Å². The molecule has 3 aromatic carbocycles. The second-order valence-corrected chi connectivity index (χ2v) is 12.7. The van der Waals surface area contributed by atoms with Gasteiger partial charge in [0.1, 0.15) is 5.75 Å². The molecule has 1 aliphatic rings. The van der Waals surface area contributed by atoms with Crippen molar-refractivity contribution in [1.29, 1.82) is 0 Å². The van der Waals surface area contributed by atoms with Gasteiger partial charge in [0.05, 0.1) is 22.5 Å². The van der Waals surface area contributed by atoms with Crippen LogP contribution >= 0.6 is 15.9 Å². The third-order valence-electron chi connectivity index (χ3n) is 5.87. The minimum atomic E-state index is -4.07. The highest BCUT2D eigenvalue weighted by Crippen LogP contribution is 2.27. The Kier molecular flexibility index (Phi) is 8.10. The molecule has 37 heavy (non-hydrogen) atoms. The van der Waals surface area contributed by atoms with E-state index in [2.05, 4.69) is 25.4 Å². The van der Waals surface area contributed by atoms with Gasteiger partial charge in [-0.3, -0.25) is 14.2 Å². The summed E-state index contributed by atoms with van der Waals surface area (Å²) in [5.41, 5.74) is 0.734. The average molecular weight is 609 g/mol. The zero-order valence-electron chi connectivity index (χ0n) is 20.0. The van der Waals surface area contributed by atoms with E-state index in [0.29, 0.717) is 24.5 Å². The van der Waals surface area contributed by atoms with Gasteiger partial charge >= 0.3 is 0 Å². The minimum absolute atomic E-state index is 0.0303. The molecular weight excluding hydrogens is 582 g/mol. The molecule has 12 heteroatoms. The molecule has 0 unspecified atom stereocenters. The third-order valence-corrected chi connectivity index (χ3v) is 9.17. The summed E-state index contributed by atoms with van der Waals surface area (Å²) in [4.78, 5) is 14.6. The highest BCUT2D eigenvalue weighted by molar-refractivity contribution is 9.10. The van der Waals surface area contributed by atoms with Crippen molar-refractivity contribution in [2.75, 3.05) is 29.6 Å². The molecule has 4 rings (SSSR count). The quantitative estimate of drug-likeness (QED) is 0.383. The van der Waals surface area contributed by atoms with Crippen LogP contribution in [-0.4, -0.2) is 47.8 Å². The van der Waals surface area contributed by atoms with Gasteiger partial charge in [-0.1, -0.05) is 15.9 Å². The molecule has 1 heterocycles. The minimum Gasteiger partial charge on any atom is -0.496 e. The Hall–Kier alpha value is -3.09. The van der Waals surface area contributed by atoms with E-state index in [-0.39, 0.29) is 26.9 Å².